The van der Waals surface area contributed by atoms with E-state index in [9.17, 15) is 4.79 Å². The predicted octanol–water partition coefficient (Wildman–Crippen LogP) is -2.21. The van der Waals surface area contributed by atoms with Crippen molar-refractivity contribution >= 4 is 11.7 Å². The Labute approximate surface area is 92.8 Å². The monoisotopic (exact) mass is 177 g/mol. The third-order valence-corrected chi connectivity index (χ3v) is 1.28. The molecule has 4 N–H and O–H groups in total. The zero-order valence-corrected chi connectivity index (χ0v) is 8.61. The fraction of sp³-hybridized carbons (Fsp3) is 0. The second kappa shape index (κ2) is 4.35. The maximum atomic E-state index is 10.3. The van der Waals surface area contributed by atoms with Crippen molar-refractivity contribution in [3.8, 4) is 5.75 Å². The first kappa shape index (κ1) is 11.3. The molecular formula is C7H8NNaO3. The van der Waals surface area contributed by atoms with Crippen molar-refractivity contribution in [2.75, 3.05) is 5.73 Å². The molecule has 0 radical (unpaired) electrons. The van der Waals surface area contributed by atoms with Crippen LogP contribution in [0.1, 0.15) is 11.8 Å². The molecule has 12 heavy (non-hydrogen) atoms. The number of carbonyl (C=O) groups is 1. The first-order valence-electron chi connectivity index (χ1n) is 2.93. The average molecular weight is 177 g/mol. The van der Waals surface area contributed by atoms with Gasteiger partial charge in [0.1, 0.15) is 5.75 Å². The van der Waals surface area contributed by atoms with Gasteiger partial charge in [-0.2, -0.15) is 0 Å². The molecule has 0 amide bonds. The van der Waals surface area contributed by atoms with Crippen molar-refractivity contribution in [3.63, 3.8) is 0 Å². The standard InChI is InChI=1S/C7H7NO3.Na.H/c8-5-2-1-4(7(10)11)3-6(5)9;;/h1-3,9H,8H2,(H,10,11);;/q;+1;-1. The summed E-state index contributed by atoms with van der Waals surface area (Å²) >= 11 is 0. The van der Waals surface area contributed by atoms with Crippen LogP contribution in [-0.4, -0.2) is 16.2 Å². The Balaban J connectivity index is 0. The Morgan fingerprint density at radius 3 is 2.50 bits per heavy atom. The van der Waals surface area contributed by atoms with E-state index >= 15 is 0 Å². The Morgan fingerprint density at radius 2 is 2.08 bits per heavy atom. The minimum atomic E-state index is -1.08. The van der Waals surface area contributed by atoms with Crippen LogP contribution in [0.5, 0.6) is 5.75 Å². The van der Waals surface area contributed by atoms with Crippen molar-refractivity contribution < 1.29 is 46.0 Å². The number of carboxylic acids is 1. The van der Waals surface area contributed by atoms with Crippen molar-refractivity contribution in [2.45, 2.75) is 0 Å². The second-order valence-electron chi connectivity index (χ2n) is 2.08. The summed E-state index contributed by atoms with van der Waals surface area (Å²) in [5.74, 6) is -1.29. The van der Waals surface area contributed by atoms with E-state index in [1.165, 1.54) is 12.1 Å². The van der Waals surface area contributed by atoms with Gasteiger partial charge in [-0.05, 0) is 18.2 Å². The summed E-state index contributed by atoms with van der Waals surface area (Å²) in [5, 5.41) is 17.4. The molecule has 5 heteroatoms. The fourth-order valence-electron chi connectivity index (χ4n) is 0.677. The molecule has 0 aliphatic rings. The van der Waals surface area contributed by atoms with Gasteiger partial charge in [0.2, 0.25) is 0 Å². The maximum absolute atomic E-state index is 10.3. The van der Waals surface area contributed by atoms with Gasteiger partial charge in [0, 0.05) is 0 Å². The Morgan fingerprint density at radius 1 is 1.50 bits per heavy atom. The molecule has 0 saturated heterocycles. The van der Waals surface area contributed by atoms with E-state index in [1.54, 1.807) is 0 Å². The van der Waals surface area contributed by atoms with E-state index in [1.807, 2.05) is 0 Å². The number of phenols is 1. The van der Waals surface area contributed by atoms with Gasteiger partial charge < -0.3 is 17.4 Å². The van der Waals surface area contributed by atoms with E-state index in [0.29, 0.717) is 0 Å². The number of hydrogen-bond acceptors (Lipinski definition) is 3. The number of rotatable bonds is 1. The number of hydrogen-bond donors (Lipinski definition) is 3. The molecule has 1 aromatic rings. The number of carboxylic acid groups (broad SMARTS) is 1. The zero-order chi connectivity index (χ0) is 8.43. The van der Waals surface area contributed by atoms with Crippen LogP contribution in [0.15, 0.2) is 18.2 Å². The number of aromatic hydroxyl groups is 1. The molecular weight excluding hydrogens is 169 g/mol. The summed E-state index contributed by atoms with van der Waals surface area (Å²) in [6.45, 7) is 0. The zero-order valence-electron chi connectivity index (χ0n) is 7.61. The summed E-state index contributed by atoms with van der Waals surface area (Å²) < 4.78 is 0. The van der Waals surface area contributed by atoms with Gasteiger partial charge in [0.05, 0.1) is 11.3 Å². The van der Waals surface area contributed by atoms with Gasteiger partial charge in [-0.3, -0.25) is 0 Å². The van der Waals surface area contributed by atoms with Crippen LogP contribution in [-0.2, 0) is 0 Å². The number of phenolic OH excluding ortho intramolecular Hbond substituents is 1. The molecule has 0 spiro atoms. The number of benzene rings is 1. The number of anilines is 1. The Kier molecular flexibility index (Phi) is 4.09. The fourth-order valence-corrected chi connectivity index (χ4v) is 0.677. The van der Waals surface area contributed by atoms with E-state index < -0.39 is 5.97 Å². The first-order chi connectivity index (χ1) is 5.11. The van der Waals surface area contributed by atoms with Crippen molar-refractivity contribution in [1.82, 2.24) is 0 Å². The van der Waals surface area contributed by atoms with Gasteiger partial charge >= 0.3 is 35.5 Å². The number of nitrogen functional groups attached to an aromatic ring is 1. The topological polar surface area (TPSA) is 83.6 Å². The van der Waals surface area contributed by atoms with Crippen molar-refractivity contribution in [2.24, 2.45) is 0 Å². The van der Waals surface area contributed by atoms with Crippen LogP contribution in [0, 0.1) is 0 Å². The van der Waals surface area contributed by atoms with Crippen LogP contribution in [0.3, 0.4) is 0 Å². The van der Waals surface area contributed by atoms with Gasteiger partial charge in [0.15, 0.2) is 0 Å². The number of nitrogens with two attached hydrogens (primary N) is 1. The van der Waals surface area contributed by atoms with E-state index in [4.69, 9.17) is 15.9 Å². The minimum Gasteiger partial charge on any atom is -1.00 e. The molecule has 0 aromatic heterocycles. The maximum Gasteiger partial charge on any atom is 1.00 e. The van der Waals surface area contributed by atoms with Gasteiger partial charge in [-0.15, -0.1) is 0 Å². The van der Waals surface area contributed by atoms with Crippen molar-refractivity contribution in [1.29, 1.82) is 0 Å². The smallest absolute Gasteiger partial charge is 1.00 e. The second-order valence-corrected chi connectivity index (χ2v) is 2.08. The van der Waals surface area contributed by atoms with Crippen LogP contribution in [0.4, 0.5) is 5.69 Å². The third-order valence-electron chi connectivity index (χ3n) is 1.28. The molecule has 0 bridgehead atoms. The molecule has 0 heterocycles. The summed E-state index contributed by atoms with van der Waals surface area (Å²) in [5.41, 5.74) is 5.45. The van der Waals surface area contributed by atoms with Crippen molar-refractivity contribution in [3.05, 3.63) is 23.8 Å². The first-order valence-corrected chi connectivity index (χ1v) is 2.93. The summed E-state index contributed by atoms with van der Waals surface area (Å²) in [6.07, 6.45) is 0. The molecule has 1 aromatic carbocycles. The molecule has 0 aliphatic heterocycles. The largest absolute Gasteiger partial charge is 1.00 e. The average Bonchev–Trinajstić information content (AvgIpc) is 1.94. The quantitative estimate of drug-likeness (QED) is 0.258. The third kappa shape index (κ3) is 2.41. The molecule has 4 nitrogen and oxygen atoms in total. The van der Waals surface area contributed by atoms with Gasteiger partial charge in [-0.25, -0.2) is 4.79 Å². The van der Waals surface area contributed by atoms with E-state index in [2.05, 4.69) is 0 Å². The molecule has 0 atom stereocenters. The Hall–Kier alpha value is -0.710. The summed E-state index contributed by atoms with van der Waals surface area (Å²) in [7, 11) is 0. The normalized spacial score (nSPS) is 8.67. The molecule has 0 saturated carbocycles. The molecule has 1 rings (SSSR count). The summed E-state index contributed by atoms with van der Waals surface area (Å²) in [4.78, 5) is 10.3. The van der Waals surface area contributed by atoms with Crippen LogP contribution in [0.2, 0.25) is 0 Å². The van der Waals surface area contributed by atoms with Crippen LogP contribution in [0.25, 0.3) is 0 Å². The summed E-state index contributed by atoms with van der Waals surface area (Å²) in [6, 6.07) is 3.79. The molecule has 0 aliphatic carbocycles. The number of aromatic carboxylic acids is 1. The van der Waals surface area contributed by atoms with Crippen LogP contribution >= 0.6 is 0 Å². The Bertz CT molecular complexity index is 306. The van der Waals surface area contributed by atoms with Gasteiger partial charge in [0.25, 0.3) is 0 Å². The van der Waals surface area contributed by atoms with E-state index in [-0.39, 0.29) is 48.0 Å². The molecule has 60 valence electrons. The predicted molar refractivity (Wildman–Crippen MR) is 40.6 cm³/mol. The van der Waals surface area contributed by atoms with Gasteiger partial charge in [-0.1, -0.05) is 0 Å². The van der Waals surface area contributed by atoms with E-state index in [0.717, 1.165) is 6.07 Å². The van der Waals surface area contributed by atoms with Crippen LogP contribution < -0.4 is 35.3 Å². The minimum absolute atomic E-state index is 0. The molecule has 0 unspecified atom stereocenters. The SMILES string of the molecule is Nc1ccc(C(=O)O)cc1O.[H-].[Na+]. The molecule has 0 fully saturated rings.